The van der Waals surface area contributed by atoms with Gasteiger partial charge in [-0.2, -0.15) is 0 Å². The van der Waals surface area contributed by atoms with Gasteiger partial charge < -0.3 is 9.15 Å². The van der Waals surface area contributed by atoms with E-state index in [2.05, 4.69) is 10.2 Å². The molecule has 3 aromatic rings. The van der Waals surface area contributed by atoms with Crippen LogP contribution in [0.25, 0.3) is 11.5 Å². The molecular weight excluding hydrogens is 341 g/mol. The zero-order valence-corrected chi connectivity index (χ0v) is 12.7. The maximum atomic E-state index is 13.0. The number of nitro benzene ring substituents is 1. The summed E-state index contributed by atoms with van der Waals surface area (Å²) in [6, 6.07) is 9.44. The van der Waals surface area contributed by atoms with Gasteiger partial charge in [-0.3, -0.25) is 10.1 Å². The molecule has 0 amide bonds. The lowest BCUT2D eigenvalue weighted by molar-refractivity contribution is -0.384. The van der Waals surface area contributed by atoms with Gasteiger partial charge in [-0.1, -0.05) is 11.6 Å². The third-order valence-corrected chi connectivity index (χ3v) is 3.33. The fourth-order valence-corrected chi connectivity index (χ4v) is 2.11. The quantitative estimate of drug-likeness (QED) is 0.510. The first kappa shape index (κ1) is 15.9. The summed E-state index contributed by atoms with van der Waals surface area (Å²) >= 11 is 5.85. The molecule has 0 unspecified atom stereocenters. The van der Waals surface area contributed by atoms with Crippen LogP contribution in [0.2, 0.25) is 5.02 Å². The molecule has 122 valence electrons. The molecule has 1 heterocycles. The normalized spacial score (nSPS) is 10.6. The molecule has 1 aromatic heterocycles. The summed E-state index contributed by atoms with van der Waals surface area (Å²) in [5, 5.41) is 18.4. The number of benzene rings is 2. The van der Waals surface area contributed by atoms with E-state index in [1.54, 1.807) is 0 Å². The van der Waals surface area contributed by atoms with Gasteiger partial charge >= 0.3 is 0 Å². The van der Waals surface area contributed by atoms with Crippen LogP contribution in [0.15, 0.2) is 46.9 Å². The van der Waals surface area contributed by atoms with E-state index in [4.69, 9.17) is 20.8 Å². The van der Waals surface area contributed by atoms with Crippen LogP contribution in [0.3, 0.4) is 0 Å². The predicted molar refractivity (Wildman–Crippen MR) is 82.1 cm³/mol. The second-order valence-corrected chi connectivity index (χ2v) is 5.08. The topological polar surface area (TPSA) is 91.3 Å². The lowest BCUT2D eigenvalue weighted by Crippen LogP contribution is -1.96. The number of hydrogen-bond donors (Lipinski definition) is 0. The number of non-ortho nitro benzene ring substituents is 1. The minimum absolute atomic E-state index is 0.0345. The van der Waals surface area contributed by atoms with Gasteiger partial charge in [-0.15, -0.1) is 10.2 Å². The fraction of sp³-hybridized carbons (Fsp3) is 0.0667. The smallest absolute Gasteiger partial charge is 0.269 e. The average Bonchev–Trinajstić information content (AvgIpc) is 3.03. The van der Waals surface area contributed by atoms with Crippen molar-refractivity contribution in [2.24, 2.45) is 0 Å². The van der Waals surface area contributed by atoms with E-state index in [9.17, 15) is 14.5 Å². The molecule has 2 aromatic carbocycles. The molecule has 0 fully saturated rings. The second-order valence-electron chi connectivity index (χ2n) is 4.67. The average molecular weight is 350 g/mol. The summed E-state index contributed by atoms with van der Waals surface area (Å²) in [6.45, 7) is -0.0503. The summed E-state index contributed by atoms with van der Waals surface area (Å²) in [7, 11) is 0. The van der Waals surface area contributed by atoms with E-state index in [0.717, 1.165) is 6.07 Å². The first-order valence-electron chi connectivity index (χ1n) is 6.68. The summed E-state index contributed by atoms with van der Waals surface area (Å²) in [6.07, 6.45) is 0. The van der Waals surface area contributed by atoms with Gasteiger partial charge in [0.2, 0.25) is 5.89 Å². The summed E-state index contributed by atoms with van der Waals surface area (Å²) < 4.78 is 23.8. The fourth-order valence-electron chi connectivity index (χ4n) is 1.89. The SMILES string of the molecule is O=[N+]([O-])c1ccc(-c2nnc(COc3ccc(F)cc3Cl)o2)cc1. The Kier molecular flexibility index (Phi) is 4.39. The standard InChI is InChI=1S/C15H9ClFN3O4/c16-12-7-10(17)3-6-13(12)23-8-14-18-19-15(24-14)9-1-4-11(5-2-9)20(21)22/h1-7H,8H2. The van der Waals surface area contributed by atoms with Gasteiger partial charge in [0, 0.05) is 17.7 Å². The monoisotopic (exact) mass is 349 g/mol. The van der Waals surface area contributed by atoms with E-state index < -0.39 is 10.7 Å². The molecule has 24 heavy (non-hydrogen) atoms. The molecule has 0 atom stereocenters. The molecule has 0 radical (unpaired) electrons. The molecular formula is C15H9ClFN3O4. The lowest BCUT2D eigenvalue weighted by Gasteiger charge is -2.05. The zero-order chi connectivity index (χ0) is 17.1. The van der Waals surface area contributed by atoms with Crippen LogP contribution in [-0.2, 0) is 6.61 Å². The number of halogens is 2. The largest absolute Gasteiger partial charge is 0.482 e. The summed E-state index contributed by atoms with van der Waals surface area (Å²) in [5.74, 6) is 0.205. The van der Waals surface area contributed by atoms with Gasteiger partial charge in [0.1, 0.15) is 11.6 Å². The first-order chi connectivity index (χ1) is 11.5. The molecule has 7 nitrogen and oxygen atoms in total. The summed E-state index contributed by atoms with van der Waals surface area (Å²) in [5.41, 5.74) is 0.506. The van der Waals surface area contributed by atoms with Crippen molar-refractivity contribution in [1.29, 1.82) is 0 Å². The van der Waals surface area contributed by atoms with Crippen molar-refractivity contribution in [3.05, 3.63) is 69.3 Å². The van der Waals surface area contributed by atoms with Crippen LogP contribution >= 0.6 is 11.6 Å². The Morgan fingerprint density at radius 1 is 1.21 bits per heavy atom. The van der Waals surface area contributed by atoms with Crippen molar-refractivity contribution in [3.63, 3.8) is 0 Å². The van der Waals surface area contributed by atoms with Crippen LogP contribution in [0.5, 0.6) is 5.75 Å². The number of nitrogens with zero attached hydrogens (tertiary/aromatic N) is 3. The highest BCUT2D eigenvalue weighted by atomic mass is 35.5. The zero-order valence-electron chi connectivity index (χ0n) is 12.0. The van der Waals surface area contributed by atoms with E-state index in [0.29, 0.717) is 5.56 Å². The molecule has 0 aliphatic rings. The van der Waals surface area contributed by atoms with Gasteiger partial charge in [-0.05, 0) is 30.3 Å². The Hall–Kier alpha value is -3.00. The van der Waals surface area contributed by atoms with Crippen molar-refractivity contribution in [1.82, 2.24) is 10.2 Å². The van der Waals surface area contributed by atoms with E-state index >= 15 is 0 Å². The molecule has 3 rings (SSSR count). The van der Waals surface area contributed by atoms with E-state index in [1.165, 1.54) is 36.4 Å². The molecule has 0 spiro atoms. The first-order valence-corrected chi connectivity index (χ1v) is 7.06. The van der Waals surface area contributed by atoms with Crippen LogP contribution in [0, 0.1) is 15.9 Å². The van der Waals surface area contributed by atoms with Crippen molar-refractivity contribution in [2.75, 3.05) is 0 Å². The Morgan fingerprint density at radius 3 is 2.62 bits per heavy atom. The molecule has 0 saturated heterocycles. The van der Waals surface area contributed by atoms with Crippen LogP contribution < -0.4 is 4.74 Å². The second kappa shape index (κ2) is 6.63. The minimum Gasteiger partial charge on any atom is -0.482 e. The maximum Gasteiger partial charge on any atom is 0.269 e. The number of hydrogen-bond acceptors (Lipinski definition) is 6. The minimum atomic E-state index is -0.497. The molecule has 0 N–H and O–H groups in total. The van der Waals surface area contributed by atoms with Crippen LogP contribution in [0.1, 0.15) is 5.89 Å². The van der Waals surface area contributed by atoms with Crippen LogP contribution in [0.4, 0.5) is 10.1 Å². The van der Waals surface area contributed by atoms with Gasteiger partial charge in [0.25, 0.3) is 11.6 Å². The number of rotatable bonds is 5. The van der Waals surface area contributed by atoms with Crippen molar-refractivity contribution in [3.8, 4) is 17.2 Å². The van der Waals surface area contributed by atoms with Crippen LogP contribution in [-0.4, -0.2) is 15.1 Å². The van der Waals surface area contributed by atoms with Crippen molar-refractivity contribution >= 4 is 17.3 Å². The Balaban J connectivity index is 1.70. The Morgan fingerprint density at radius 2 is 1.96 bits per heavy atom. The number of aromatic nitrogens is 2. The van der Waals surface area contributed by atoms with E-state index in [-0.39, 0.29) is 34.8 Å². The lowest BCUT2D eigenvalue weighted by atomic mass is 10.2. The highest BCUT2D eigenvalue weighted by molar-refractivity contribution is 6.32. The Bertz CT molecular complexity index is 883. The number of ether oxygens (including phenoxy) is 1. The predicted octanol–water partition coefficient (Wildman–Crippen LogP) is 4.02. The molecule has 0 saturated carbocycles. The van der Waals surface area contributed by atoms with Gasteiger partial charge in [0.15, 0.2) is 6.61 Å². The molecule has 0 aliphatic heterocycles. The van der Waals surface area contributed by atoms with E-state index in [1.807, 2.05) is 0 Å². The van der Waals surface area contributed by atoms with Gasteiger partial charge in [0.05, 0.1) is 9.95 Å². The third kappa shape index (κ3) is 3.49. The van der Waals surface area contributed by atoms with Gasteiger partial charge in [-0.25, -0.2) is 4.39 Å². The van der Waals surface area contributed by atoms with Crippen molar-refractivity contribution in [2.45, 2.75) is 6.61 Å². The summed E-state index contributed by atoms with van der Waals surface area (Å²) in [4.78, 5) is 10.1. The highest BCUT2D eigenvalue weighted by Crippen LogP contribution is 2.26. The maximum absolute atomic E-state index is 13.0. The van der Waals surface area contributed by atoms with Crippen molar-refractivity contribution < 1.29 is 18.5 Å². The molecule has 0 bridgehead atoms. The molecule has 9 heteroatoms. The third-order valence-electron chi connectivity index (χ3n) is 3.04. The Labute approximate surface area is 139 Å². The number of nitro groups is 1. The highest BCUT2D eigenvalue weighted by Gasteiger charge is 2.12. The molecule has 0 aliphatic carbocycles.